The summed E-state index contributed by atoms with van der Waals surface area (Å²) < 4.78 is 33.8. The molecule has 7 heteroatoms. The molecule has 1 N–H and O–H groups in total. The van der Waals surface area contributed by atoms with Crippen molar-refractivity contribution < 1.29 is 22.7 Å². The second kappa shape index (κ2) is 7.47. The molecule has 0 aromatic heterocycles. The number of hydrogen-bond donors (Lipinski definition) is 1. The van der Waals surface area contributed by atoms with Crippen LogP contribution in [-0.4, -0.2) is 46.9 Å². The lowest BCUT2D eigenvalue weighted by molar-refractivity contribution is -0.125. The van der Waals surface area contributed by atoms with Gasteiger partial charge in [0.2, 0.25) is 5.91 Å². The predicted octanol–water partition coefficient (Wildman–Crippen LogP) is 1.82. The Labute approximate surface area is 153 Å². The van der Waals surface area contributed by atoms with Gasteiger partial charge in [-0.3, -0.25) is 4.79 Å². The van der Waals surface area contributed by atoms with Gasteiger partial charge in [-0.1, -0.05) is 18.2 Å². The first-order valence-corrected chi connectivity index (χ1v) is 10.1. The molecule has 1 amide bonds. The zero-order valence-electron chi connectivity index (χ0n) is 14.7. The SMILES string of the molecule is COCC(=O)NC[C@@H]1Cc2cc(-c3ccc(S(C)(=O)=O)cc3)ccc2O1. The van der Waals surface area contributed by atoms with Gasteiger partial charge in [-0.15, -0.1) is 0 Å². The van der Waals surface area contributed by atoms with E-state index in [0.29, 0.717) is 17.9 Å². The van der Waals surface area contributed by atoms with E-state index in [2.05, 4.69) is 5.32 Å². The Kier molecular flexibility index (Phi) is 5.29. The van der Waals surface area contributed by atoms with Gasteiger partial charge in [-0.25, -0.2) is 8.42 Å². The third-order valence-corrected chi connectivity index (χ3v) is 5.35. The lowest BCUT2D eigenvalue weighted by Gasteiger charge is -2.11. The highest BCUT2D eigenvalue weighted by molar-refractivity contribution is 7.90. The second-order valence-corrected chi connectivity index (χ2v) is 8.32. The summed E-state index contributed by atoms with van der Waals surface area (Å²) in [7, 11) is -1.72. The van der Waals surface area contributed by atoms with Gasteiger partial charge >= 0.3 is 0 Å². The minimum Gasteiger partial charge on any atom is -0.488 e. The smallest absolute Gasteiger partial charge is 0.246 e. The molecule has 2 aromatic rings. The molecule has 0 unspecified atom stereocenters. The van der Waals surface area contributed by atoms with Crippen molar-refractivity contribution >= 4 is 15.7 Å². The van der Waals surface area contributed by atoms with Crippen molar-refractivity contribution in [1.82, 2.24) is 5.32 Å². The number of fused-ring (bicyclic) bond motifs is 1. The van der Waals surface area contributed by atoms with Crippen molar-refractivity contribution in [2.45, 2.75) is 17.4 Å². The molecule has 0 fully saturated rings. The quantitative estimate of drug-likeness (QED) is 0.833. The molecule has 0 spiro atoms. The van der Waals surface area contributed by atoms with Crippen LogP contribution in [0.2, 0.25) is 0 Å². The summed E-state index contributed by atoms with van der Waals surface area (Å²) in [5.41, 5.74) is 3.01. The third kappa shape index (κ3) is 4.23. The highest BCUT2D eigenvalue weighted by Gasteiger charge is 2.23. The molecule has 1 aliphatic heterocycles. The lowest BCUT2D eigenvalue weighted by atomic mass is 10.0. The van der Waals surface area contributed by atoms with Crippen molar-refractivity contribution in [3.05, 3.63) is 48.0 Å². The van der Waals surface area contributed by atoms with Crippen LogP contribution in [0.4, 0.5) is 0 Å². The van der Waals surface area contributed by atoms with Gasteiger partial charge in [0, 0.05) is 19.8 Å². The largest absolute Gasteiger partial charge is 0.488 e. The molecule has 1 aliphatic rings. The maximum absolute atomic E-state index is 11.6. The van der Waals surface area contributed by atoms with Crippen LogP contribution < -0.4 is 10.1 Å². The van der Waals surface area contributed by atoms with E-state index in [0.717, 1.165) is 22.4 Å². The van der Waals surface area contributed by atoms with Crippen molar-refractivity contribution in [3.8, 4) is 16.9 Å². The highest BCUT2D eigenvalue weighted by Crippen LogP contribution is 2.33. The van der Waals surface area contributed by atoms with E-state index in [1.807, 2.05) is 18.2 Å². The fraction of sp³-hybridized carbons (Fsp3) is 0.316. The van der Waals surface area contributed by atoms with E-state index < -0.39 is 9.84 Å². The van der Waals surface area contributed by atoms with Gasteiger partial charge in [-0.05, 0) is 41.0 Å². The van der Waals surface area contributed by atoms with Gasteiger partial charge < -0.3 is 14.8 Å². The van der Waals surface area contributed by atoms with Crippen LogP contribution in [-0.2, 0) is 25.8 Å². The van der Waals surface area contributed by atoms with Crippen molar-refractivity contribution in [3.63, 3.8) is 0 Å². The van der Waals surface area contributed by atoms with Crippen LogP contribution in [0.25, 0.3) is 11.1 Å². The first-order valence-electron chi connectivity index (χ1n) is 8.22. The number of rotatable bonds is 6. The maximum atomic E-state index is 11.6. The van der Waals surface area contributed by atoms with E-state index >= 15 is 0 Å². The summed E-state index contributed by atoms with van der Waals surface area (Å²) in [5.74, 6) is 0.645. The monoisotopic (exact) mass is 375 g/mol. The van der Waals surface area contributed by atoms with Crippen LogP contribution in [0.3, 0.4) is 0 Å². The Bertz CT molecular complexity index is 906. The zero-order valence-corrected chi connectivity index (χ0v) is 15.5. The topological polar surface area (TPSA) is 81.7 Å². The Morgan fingerprint density at radius 3 is 2.54 bits per heavy atom. The lowest BCUT2D eigenvalue weighted by Crippen LogP contribution is -2.36. The summed E-state index contributed by atoms with van der Waals surface area (Å²) in [6.07, 6.45) is 1.80. The number of benzene rings is 2. The molecular weight excluding hydrogens is 354 g/mol. The summed E-state index contributed by atoms with van der Waals surface area (Å²) >= 11 is 0. The van der Waals surface area contributed by atoms with Crippen LogP contribution in [0, 0.1) is 0 Å². The predicted molar refractivity (Wildman–Crippen MR) is 98.0 cm³/mol. The Balaban J connectivity index is 1.70. The number of ether oxygens (including phenoxy) is 2. The first-order chi connectivity index (χ1) is 12.4. The molecule has 26 heavy (non-hydrogen) atoms. The molecule has 1 atom stereocenters. The molecule has 1 heterocycles. The average Bonchev–Trinajstić information content (AvgIpc) is 3.01. The number of hydrogen-bond acceptors (Lipinski definition) is 5. The third-order valence-electron chi connectivity index (χ3n) is 4.22. The molecular formula is C19H21NO5S. The maximum Gasteiger partial charge on any atom is 0.246 e. The van der Waals surface area contributed by atoms with E-state index in [9.17, 15) is 13.2 Å². The summed E-state index contributed by atoms with van der Waals surface area (Å²) in [6, 6.07) is 12.7. The van der Waals surface area contributed by atoms with Crippen LogP contribution >= 0.6 is 0 Å². The number of methoxy groups -OCH3 is 1. The molecule has 6 nitrogen and oxygen atoms in total. The number of carbonyl (C=O) groups excluding carboxylic acids is 1. The normalized spacial score (nSPS) is 16.0. The Morgan fingerprint density at radius 1 is 1.19 bits per heavy atom. The summed E-state index contributed by atoms with van der Waals surface area (Å²) in [6.45, 7) is 0.461. The fourth-order valence-corrected chi connectivity index (χ4v) is 3.55. The summed E-state index contributed by atoms with van der Waals surface area (Å²) in [4.78, 5) is 11.8. The highest BCUT2D eigenvalue weighted by atomic mass is 32.2. The summed E-state index contributed by atoms with van der Waals surface area (Å²) in [5, 5.41) is 2.78. The van der Waals surface area contributed by atoms with E-state index in [-0.39, 0.29) is 18.6 Å². The molecule has 0 bridgehead atoms. The molecule has 0 aliphatic carbocycles. The van der Waals surface area contributed by atoms with Crippen LogP contribution in [0.5, 0.6) is 5.75 Å². The van der Waals surface area contributed by atoms with Gasteiger partial charge in [0.25, 0.3) is 0 Å². The van der Waals surface area contributed by atoms with Crippen LogP contribution in [0.15, 0.2) is 47.4 Å². The van der Waals surface area contributed by atoms with E-state index in [4.69, 9.17) is 9.47 Å². The minimum atomic E-state index is -3.20. The number of sulfone groups is 1. The Morgan fingerprint density at radius 2 is 1.88 bits per heavy atom. The second-order valence-electron chi connectivity index (χ2n) is 6.30. The van der Waals surface area contributed by atoms with E-state index in [1.165, 1.54) is 13.4 Å². The minimum absolute atomic E-state index is 0.0350. The standard InChI is InChI=1S/C19H21NO5S/c1-24-12-19(21)20-11-16-10-15-9-14(5-8-18(15)25-16)13-3-6-17(7-4-13)26(2,22)23/h3-9,16H,10-12H2,1-2H3,(H,20,21)/t16-/m0/s1. The van der Waals surface area contributed by atoms with Crippen molar-refractivity contribution in [2.24, 2.45) is 0 Å². The molecule has 138 valence electrons. The first kappa shape index (κ1) is 18.4. The van der Waals surface area contributed by atoms with Gasteiger partial charge in [0.05, 0.1) is 11.4 Å². The number of nitrogens with one attached hydrogen (secondary N) is 1. The van der Waals surface area contributed by atoms with Crippen molar-refractivity contribution in [1.29, 1.82) is 0 Å². The van der Waals surface area contributed by atoms with Crippen LogP contribution in [0.1, 0.15) is 5.56 Å². The van der Waals surface area contributed by atoms with Gasteiger partial charge in [-0.2, -0.15) is 0 Å². The number of carbonyl (C=O) groups is 1. The number of amides is 1. The van der Waals surface area contributed by atoms with E-state index in [1.54, 1.807) is 24.3 Å². The molecule has 0 saturated carbocycles. The molecule has 0 radical (unpaired) electrons. The van der Waals surface area contributed by atoms with Crippen molar-refractivity contribution in [2.75, 3.05) is 26.5 Å². The molecule has 0 saturated heterocycles. The molecule has 3 rings (SSSR count). The van der Waals surface area contributed by atoms with Gasteiger partial charge in [0.15, 0.2) is 9.84 Å². The zero-order chi connectivity index (χ0) is 18.7. The Hall–Kier alpha value is -2.38. The molecule has 2 aromatic carbocycles. The average molecular weight is 375 g/mol. The van der Waals surface area contributed by atoms with Gasteiger partial charge in [0.1, 0.15) is 18.5 Å². The fourth-order valence-electron chi connectivity index (χ4n) is 2.92.